The van der Waals surface area contributed by atoms with Crippen LogP contribution in [-0.4, -0.2) is 57.8 Å². The summed E-state index contributed by atoms with van der Waals surface area (Å²) in [6.45, 7) is 3.00. The van der Waals surface area contributed by atoms with Gasteiger partial charge in [-0.2, -0.15) is 0 Å². The molecule has 1 aliphatic rings. The summed E-state index contributed by atoms with van der Waals surface area (Å²) in [5, 5.41) is 13.3. The number of benzene rings is 1. The number of nitrogens with zero attached hydrogens (tertiary/aromatic N) is 4. The molecule has 1 N–H and O–H groups in total. The van der Waals surface area contributed by atoms with E-state index in [1.54, 1.807) is 29.8 Å². The second-order valence-corrected chi connectivity index (χ2v) is 7.85. The average molecular weight is 387 g/mol. The van der Waals surface area contributed by atoms with E-state index in [0.717, 1.165) is 34.0 Å². The highest BCUT2D eigenvalue weighted by molar-refractivity contribution is 8.00. The van der Waals surface area contributed by atoms with Crippen LogP contribution < -0.4 is 4.90 Å². The normalized spacial score (nSPS) is 14.8. The molecule has 1 amide bonds. The van der Waals surface area contributed by atoms with Gasteiger partial charge in [-0.1, -0.05) is 11.8 Å². The Morgan fingerprint density at radius 1 is 1.12 bits per heavy atom. The van der Waals surface area contributed by atoms with Crippen LogP contribution in [0.3, 0.4) is 0 Å². The van der Waals surface area contributed by atoms with Crippen LogP contribution in [0, 0.1) is 0 Å². The second-order valence-electron chi connectivity index (χ2n) is 5.99. The van der Waals surface area contributed by atoms with E-state index >= 15 is 0 Å². The Balaban J connectivity index is 1.32. The predicted octanol–water partition coefficient (Wildman–Crippen LogP) is 2.84. The first-order valence-corrected chi connectivity index (χ1v) is 10.2. The minimum absolute atomic E-state index is 0.141. The van der Waals surface area contributed by atoms with E-state index in [9.17, 15) is 9.90 Å². The predicted molar refractivity (Wildman–Crippen MR) is 105 cm³/mol. The Hall–Kier alpha value is -2.32. The summed E-state index contributed by atoms with van der Waals surface area (Å²) in [5.41, 5.74) is 1.07. The van der Waals surface area contributed by atoms with Gasteiger partial charge in [-0.05, 0) is 35.7 Å². The first-order chi connectivity index (χ1) is 12.7. The first kappa shape index (κ1) is 17.1. The molecule has 0 radical (unpaired) electrons. The van der Waals surface area contributed by atoms with Crippen molar-refractivity contribution in [2.45, 2.75) is 5.03 Å². The maximum Gasteiger partial charge on any atom is 0.233 e. The number of amides is 1. The van der Waals surface area contributed by atoms with Gasteiger partial charge in [0.25, 0.3) is 0 Å². The zero-order valence-corrected chi connectivity index (χ0v) is 15.7. The Labute approximate surface area is 159 Å². The van der Waals surface area contributed by atoms with E-state index in [-0.39, 0.29) is 11.7 Å². The van der Waals surface area contributed by atoms with E-state index in [4.69, 9.17) is 0 Å². The van der Waals surface area contributed by atoms with Crippen molar-refractivity contribution in [3.05, 3.63) is 42.0 Å². The SMILES string of the molecule is O=C(CSc1ncnc2sccc12)N1CCN(c2ccc(O)cc2)CC1. The van der Waals surface area contributed by atoms with Crippen molar-refractivity contribution in [1.29, 1.82) is 0 Å². The van der Waals surface area contributed by atoms with Crippen molar-refractivity contribution in [1.82, 2.24) is 14.9 Å². The highest BCUT2D eigenvalue weighted by Crippen LogP contribution is 2.28. The molecule has 1 aromatic carbocycles. The fourth-order valence-electron chi connectivity index (χ4n) is 2.98. The number of rotatable bonds is 4. The highest BCUT2D eigenvalue weighted by Gasteiger charge is 2.21. The topological polar surface area (TPSA) is 69.6 Å². The van der Waals surface area contributed by atoms with E-state index in [1.165, 1.54) is 11.8 Å². The molecular weight excluding hydrogens is 368 g/mol. The van der Waals surface area contributed by atoms with Gasteiger partial charge in [0, 0.05) is 37.3 Å². The molecule has 134 valence electrons. The summed E-state index contributed by atoms with van der Waals surface area (Å²) < 4.78 is 0. The summed E-state index contributed by atoms with van der Waals surface area (Å²) >= 11 is 3.06. The second kappa shape index (κ2) is 7.51. The van der Waals surface area contributed by atoms with Gasteiger partial charge in [0.05, 0.1) is 5.75 Å². The maximum atomic E-state index is 12.5. The average Bonchev–Trinajstić information content (AvgIpc) is 3.16. The number of hydrogen-bond donors (Lipinski definition) is 1. The zero-order valence-electron chi connectivity index (χ0n) is 14.0. The number of phenolic OH excluding ortho intramolecular Hbond substituents is 1. The molecule has 1 aliphatic heterocycles. The molecule has 0 aliphatic carbocycles. The Morgan fingerprint density at radius 3 is 2.65 bits per heavy atom. The summed E-state index contributed by atoms with van der Waals surface area (Å²) in [6.07, 6.45) is 1.56. The maximum absolute atomic E-state index is 12.5. The van der Waals surface area contributed by atoms with Crippen LogP contribution in [0.1, 0.15) is 0 Å². The molecule has 26 heavy (non-hydrogen) atoms. The van der Waals surface area contributed by atoms with Crippen LogP contribution >= 0.6 is 23.1 Å². The third-order valence-electron chi connectivity index (χ3n) is 4.40. The third-order valence-corrected chi connectivity index (χ3v) is 6.22. The number of thiophene rings is 1. The van der Waals surface area contributed by atoms with E-state index < -0.39 is 0 Å². The minimum Gasteiger partial charge on any atom is -0.508 e. The molecule has 0 unspecified atom stereocenters. The van der Waals surface area contributed by atoms with Crippen LogP contribution in [0.5, 0.6) is 5.75 Å². The lowest BCUT2D eigenvalue weighted by molar-refractivity contribution is -0.128. The third kappa shape index (κ3) is 3.61. The minimum atomic E-state index is 0.141. The summed E-state index contributed by atoms with van der Waals surface area (Å²) in [4.78, 5) is 26.2. The van der Waals surface area contributed by atoms with Gasteiger partial charge >= 0.3 is 0 Å². The summed E-state index contributed by atoms with van der Waals surface area (Å²) in [6, 6.07) is 9.20. The fraction of sp³-hybridized carbons (Fsp3) is 0.278. The lowest BCUT2D eigenvalue weighted by atomic mass is 10.2. The molecule has 3 aromatic rings. The van der Waals surface area contributed by atoms with Crippen molar-refractivity contribution in [3.63, 3.8) is 0 Å². The highest BCUT2D eigenvalue weighted by atomic mass is 32.2. The molecule has 2 aromatic heterocycles. The number of piperazine rings is 1. The molecule has 3 heterocycles. The molecule has 8 heteroatoms. The number of carbonyl (C=O) groups excluding carboxylic acids is 1. The van der Waals surface area contributed by atoms with Crippen LogP contribution in [0.4, 0.5) is 5.69 Å². The first-order valence-electron chi connectivity index (χ1n) is 8.33. The summed E-state index contributed by atoms with van der Waals surface area (Å²) in [7, 11) is 0. The Bertz CT molecular complexity index is 905. The number of fused-ring (bicyclic) bond motifs is 1. The number of carbonyl (C=O) groups is 1. The van der Waals surface area contributed by atoms with Gasteiger partial charge in [0.2, 0.25) is 5.91 Å². The zero-order chi connectivity index (χ0) is 17.9. The van der Waals surface area contributed by atoms with Crippen molar-refractivity contribution in [2.24, 2.45) is 0 Å². The monoisotopic (exact) mass is 386 g/mol. The van der Waals surface area contributed by atoms with E-state index in [0.29, 0.717) is 18.8 Å². The summed E-state index contributed by atoms with van der Waals surface area (Å²) in [5.74, 6) is 0.799. The van der Waals surface area contributed by atoms with Gasteiger partial charge < -0.3 is 14.9 Å². The van der Waals surface area contributed by atoms with Crippen molar-refractivity contribution < 1.29 is 9.90 Å². The standard InChI is InChI=1S/C18H18N4O2S2/c23-14-3-1-13(2-4-14)21-6-8-22(9-7-21)16(24)11-26-18-15-5-10-25-17(15)19-12-20-18/h1-5,10,12,23H,6-9,11H2. The lowest BCUT2D eigenvalue weighted by Gasteiger charge is -2.36. The van der Waals surface area contributed by atoms with Crippen LogP contribution in [0.25, 0.3) is 10.2 Å². The van der Waals surface area contributed by atoms with Gasteiger partial charge in [-0.25, -0.2) is 9.97 Å². The lowest BCUT2D eigenvalue weighted by Crippen LogP contribution is -2.49. The van der Waals surface area contributed by atoms with E-state index in [2.05, 4.69) is 14.9 Å². The van der Waals surface area contributed by atoms with Gasteiger partial charge in [0.1, 0.15) is 21.9 Å². The van der Waals surface area contributed by atoms with Gasteiger partial charge in [-0.15, -0.1) is 11.3 Å². The molecule has 0 spiro atoms. The van der Waals surface area contributed by atoms with Crippen LogP contribution in [-0.2, 0) is 4.79 Å². The molecule has 1 saturated heterocycles. The number of thioether (sulfide) groups is 1. The fourth-order valence-corrected chi connectivity index (χ4v) is 4.66. The number of hydrogen-bond acceptors (Lipinski definition) is 7. The van der Waals surface area contributed by atoms with Crippen molar-refractivity contribution in [2.75, 3.05) is 36.8 Å². The number of aromatic hydroxyl groups is 1. The Morgan fingerprint density at radius 2 is 1.88 bits per heavy atom. The van der Waals surface area contributed by atoms with Crippen molar-refractivity contribution in [3.8, 4) is 5.75 Å². The van der Waals surface area contributed by atoms with E-state index in [1.807, 2.05) is 28.5 Å². The molecule has 0 saturated carbocycles. The molecule has 0 atom stereocenters. The quantitative estimate of drug-likeness (QED) is 0.549. The van der Waals surface area contributed by atoms with Gasteiger partial charge in [-0.3, -0.25) is 4.79 Å². The van der Waals surface area contributed by atoms with Crippen LogP contribution in [0.15, 0.2) is 47.1 Å². The number of anilines is 1. The molecule has 6 nitrogen and oxygen atoms in total. The molecule has 1 fully saturated rings. The van der Waals surface area contributed by atoms with Crippen LogP contribution in [0.2, 0.25) is 0 Å². The number of aromatic nitrogens is 2. The number of phenols is 1. The van der Waals surface area contributed by atoms with Crippen molar-refractivity contribution >= 4 is 44.9 Å². The van der Waals surface area contributed by atoms with Gasteiger partial charge in [0.15, 0.2) is 0 Å². The Kier molecular flexibility index (Phi) is 4.94. The largest absolute Gasteiger partial charge is 0.508 e. The molecule has 4 rings (SSSR count). The molecule has 0 bridgehead atoms. The smallest absolute Gasteiger partial charge is 0.233 e. The molecular formula is C18H18N4O2S2.